The van der Waals surface area contributed by atoms with Crippen molar-refractivity contribution in [1.82, 2.24) is 19.9 Å². The van der Waals surface area contributed by atoms with Crippen LogP contribution in [-0.4, -0.2) is 56.2 Å². The van der Waals surface area contributed by atoms with Crippen LogP contribution in [0.1, 0.15) is 105 Å². The third-order valence-corrected chi connectivity index (χ3v) is 6.30. The van der Waals surface area contributed by atoms with Crippen LogP contribution >= 0.6 is 0 Å². The Hall–Kier alpha value is -3.93. The Kier molecular flexibility index (Phi) is 14.0. The van der Waals surface area contributed by atoms with Gasteiger partial charge in [0.2, 0.25) is 0 Å². The molecular formula is C33H51FN6O5. The molecule has 0 saturated carbocycles. The maximum Gasteiger partial charge on any atom is 0.416 e. The lowest BCUT2D eigenvalue weighted by atomic mass is 10.1. The van der Waals surface area contributed by atoms with Gasteiger partial charge >= 0.3 is 12.2 Å². The fourth-order valence-corrected chi connectivity index (χ4v) is 4.21. The number of carbonyl (C=O) groups excluding carboxylic acids is 2. The predicted molar refractivity (Wildman–Crippen MR) is 175 cm³/mol. The van der Waals surface area contributed by atoms with Gasteiger partial charge in [-0.25, -0.2) is 19.0 Å². The molecule has 0 aliphatic rings. The molecule has 3 rings (SSSR count). The number of nitrogens with zero attached hydrogens (tertiary/aromatic N) is 4. The summed E-state index contributed by atoms with van der Waals surface area (Å²) in [5.74, 6) is 0.341. The van der Waals surface area contributed by atoms with Gasteiger partial charge in [-0.15, -0.1) is 0 Å². The summed E-state index contributed by atoms with van der Waals surface area (Å²) in [5.41, 5.74) is 6.68. The number of aromatic nitrogens is 3. The smallest absolute Gasteiger partial charge is 0.416 e. The third-order valence-electron chi connectivity index (χ3n) is 6.30. The quantitative estimate of drug-likeness (QED) is 0.193. The van der Waals surface area contributed by atoms with Gasteiger partial charge in [0.25, 0.3) is 0 Å². The maximum absolute atomic E-state index is 14.3. The van der Waals surface area contributed by atoms with Crippen LogP contribution in [0.2, 0.25) is 0 Å². The van der Waals surface area contributed by atoms with Gasteiger partial charge in [0.05, 0.1) is 12.7 Å². The second kappa shape index (κ2) is 17.0. The van der Waals surface area contributed by atoms with Gasteiger partial charge < -0.3 is 25.6 Å². The van der Waals surface area contributed by atoms with E-state index in [-0.39, 0.29) is 31.0 Å². The predicted octanol–water partition coefficient (Wildman–Crippen LogP) is 6.97. The molecule has 2 aromatic heterocycles. The molecular weight excluding hydrogens is 579 g/mol. The standard InChI is InChI=1S/C21H26FN5O2.C12H25NO3/c1-13(2)15-11-24-27-18(10-17(23)25-19(15)27)26(20(28)29-21(3,4)5)12-14-8-6-7-9-16(14)22;1-12(2,3)16-11(15)13-9-7-5-4-6-8-10-14/h6-11,13H,12H2,1-5H3,(H2,23,25);14H,4-10H2,1-3H3,(H,13,15). The lowest BCUT2D eigenvalue weighted by Crippen LogP contribution is -2.38. The number of carbonyl (C=O) groups is 2. The number of benzene rings is 1. The van der Waals surface area contributed by atoms with Crippen molar-refractivity contribution in [3.05, 3.63) is 53.5 Å². The summed E-state index contributed by atoms with van der Waals surface area (Å²) in [4.78, 5) is 30.0. The van der Waals surface area contributed by atoms with Crippen LogP contribution in [0.4, 0.5) is 25.6 Å². The lowest BCUT2D eigenvalue weighted by Gasteiger charge is -2.28. The molecule has 250 valence electrons. The Morgan fingerprint density at radius 3 is 2.24 bits per heavy atom. The van der Waals surface area contributed by atoms with Gasteiger partial charge in [0.15, 0.2) is 5.65 Å². The van der Waals surface area contributed by atoms with Crippen molar-refractivity contribution in [2.75, 3.05) is 23.8 Å². The van der Waals surface area contributed by atoms with Gasteiger partial charge in [0.1, 0.15) is 28.7 Å². The van der Waals surface area contributed by atoms with Gasteiger partial charge in [-0.1, -0.05) is 51.3 Å². The normalized spacial score (nSPS) is 11.6. The first kappa shape index (κ1) is 37.3. The minimum atomic E-state index is -0.727. The highest BCUT2D eigenvalue weighted by Gasteiger charge is 2.28. The van der Waals surface area contributed by atoms with E-state index in [2.05, 4.69) is 15.4 Å². The molecule has 0 saturated heterocycles. The van der Waals surface area contributed by atoms with E-state index >= 15 is 0 Å². The van der Waals surface area contributed by atoms with Crippen LogP contribution in [0, 0.1) is 5.82 Å². The van der Waals surface area contributed by atoms with Crippen molar-refractivity contribution in [2.24, 2.45) is 0 Å². The van der Waals surface area contributed by atoms with Crippen LogP contribution < -0.4 is 16.0 Å². The van der Waals surface area contributed by atoms with Gasteiger partial charge in [0, 0.05) is 30.3 Å². The Bertz CT molecular complexity index is 1380. The number of aliphatic hydroxyl groups excluding tert-OH is 1. The van der Waals surface area contributed by atoms with E-state index in [1.165, 1.54) is 21.5 Å². The molecule has 3 aromatic rings. The molecule has 45 heavy (non-hydrogen) atoms. The Morgan fingerprint density at radius 1 is 1.02 bits per heavy atom. The second-order valence-corrected chi connectivity index (χ2v) is 13.1. The zero-order valence-corrected chi connectivity index (χ0v) is 28.0. The number of nitrogen functional groups attached to an aromatic ring is 1. The van der Waals surface area contributed by atoms with E-state index in [0.29, 0.717) is 23.6 Å². The Morgan fingerprint density at radius 2 is 1.64 bits per heavy atom. The van der Waals surface area contributed by atoms with E-state index in [0.717, 1.165) is 37.7 Å². The van der Waals surface area contributed by atoms with Gasteiger partial charge in [-0.2, -0.15) is 9.61 Å². The summed E-state index contributed by atoms with van der Waals surface area (Å²) in [6.07, 6.45) is 5.81. The Balaban J connectivity index is 0.000000376. The first-order valence-electron chi connectivity index (χ1n) is 15.5. The van der Waals surface area contributed by atoms with Crippen molar-refractivity contribution in [2.45, 2.75) is 111 Å². The molecule has 12 heteroatoms. The number of hydrogen-bond acceptors (Lipinski definition) is 8. The Labute approximate surface area is 266 Å². The molecule has 0 aliphatic carbocycles. The fraction of sp³-hybridized carbons (Fsp3) is 0.576. The average Bonchev–Trinajstić information content (AvgIpc) is 3.34. The topological polar surface area (TPSA) is 144 Å². The summed E-state index contributed by atoms with van der Waals surface area (Å²) in [5, 5.41) is 15.7. The summed E-state index contributed by atoms with van der Waals surface area (Å²) in [7, 11) is 0. The van der Waals surface area contributed by atoms with Crippen molar-refractivity contribution in [3.8, 4) is 0 Å². The number of nitrogens with one attached hydrogen (secondary N) is 1. The summed E-state index contributed by atoms with van der Waals surface area (Å²) >= 11 is 0. The molecule has 2 amide bonds. The molecule has 0 fully saturated rings. The molecule has 0 aliphatic heterocycles. The molecule has 1 aromatic carbocycles. The number of alkyl carbamates (subject to hydrolysis) is 1. The number of unbranched alkanes of at least 4 members (excludes halogenated alkanes) is 4. The molecule has 0 atom stereocenters. The van der Waals surface area contributed by atoms with E-state index in [9.17, 15) is 14.0 Å². The highest BCUT2D eigenvalue weighted by Crippen LogP contribution is 2.28. The SMILES string of the molecule is CC(C)(C)OC(=O)NCCCCCCCO.CC(C)c1cnn2c(N(Cc3ccccc3F)C(=O)OC(C)(C)C)cc(N)nc12. The molecule has 0 spiro atoms. The van der Waals surface area contributed by atoms with Crippen LogP contribution in [0.3, 0.4) is 0 Å². The van der Waals surface area contributed by atoms with Crippen molar-refractivity contribution >= 4 is 29.5 Å². The number of halogens is 1. The monoisotopic (exact) mass is 630 g/mol. The van der Waals surface area contributed by atoms with E-state index in [1.807, 2.05) is 34.6 Å². The number of rotatable bonds is 11. The summed E-state index contributed by atoms with van der Waals surface area (Å²) in [6, 6.07) is 7.82. The minimum absolute atomic E-state index is 0.0446. The van der Waals surface area contributed by atoms with Crippen LogP contribution in [0.5, 0.6) is 0 Å². The minimum Gasteiger partial charge on any atom is -0.444 e. The van der Waals surface area contributed by atoms with Crippen molar-refractivity contribution < 1.29 is 28.6 Å². The number of aliphatic hydroxyl groups is 1. The maximum atomic E-state index is 14.3. The van der Waals surface area contributed by atoms with E-state index in [4.69, 9.17) is 20.3 Å². The van der Waals surface area contributed by atoms with Crippen LogP contribution in [0.25, 0.3) is 5.65 Å². The average molecular weight is 631 g/mol. The zero-order valence-electron chi connectivity index (χ0n) is 28.0. The molecule has 0 unspecified atom stereocenters. The molecule has 2 heterocycles. The molecule has 0 radical (unpaired) electrons. The number of hydrogen-bond donors (Lipinski definition) is 3. The first-order chi connectivity index (χ1) is 21.0. The van der Waals surface area contributed by atoms with E-state index in [1.54, 1.807) is 45.2 Å². The number of amides is 2. The number of ether oxygens (including phenoxy) is 2. The third kappa shape index (κ3) is 12.9. The van der Waals surface area contributed by atoms with E-state index < -0.39 is 23.1 Å². The molecule has 0 bridgehead atoms. The van der Waals surface area contributed by atoms with Crippen LogP contribution in [-0.2, 0) is 16.0 Å². The van der Waals surface area contributed by atoms with Crippen molar-refractivity contribution in [3.63, 3.8) is 0 Å². The number of fused-ring (bicyclic) bond motifs is 1. The van der Waals surface area contributed by atoms with Gasteiger partial charge in [-0.3, -0.25) is 4.90 Å². The largest absolute Gasteiger partial charge is 0.444 e. The second-order valence-electron chi connectivity index (χ2n) is 13.1. The fourth-order valence-electron chi connectivity index (χ4n) is 4.21. The van der Waals surface area contributed by atoms with Crippen LogP contribution in [0.15, 0.2) is 36.5 Å². The number of nitrogens with two attached hydrogens (primary N) is 1. The van der Waals surface area contributed by atoms with Gasteiger partial charge in [-0.05, 0) is 66.4 Å². The van der Waals surface area contributed by atoms with Crippen molar-refractivity contribution in [1.29, 1.82) is 0 Å². The first-order valence-corrected chi connectivity index (χ1v) is 15.5. The lowest BCUT2D eigenvalue weighted by molar-refractivity contribution is 0.0524. The molecule has 4 N–H and O–H groups in total. The molecule has 11 nitrogen and oxygen atoms in total. The summed E-state index contributed by atoms with van der Waals surface area (Å²) in [6.45, 7) is 15.8. The highest BCUT2D eigenvalue weighted by atomic mass is 19.1. The summed E-state index contributed by atoms with van der Waals surface area (Å²) < 4.78 is 26.5. The highest BCUT2D eigenvalue weighted by molar-refractivity contribution is 5.88. The number of anilines is 2. The zero-order chi connectivity index (χ0) is 33.8.